The SMILES string of the molecule is COc1ccc(CNC(=O)c2cccc(N)c2C)cc1. The molecule has 4 heteroatoms. The van der Waals surface area contributed by atoms with Crippen LogP contribution in [0.25, 0.3) is 0 Å². The lowest BCUT2D eigenvalue weighted by atomic mass is 10.1. The number of carbonyl (C=O) groups is 1. The van der Waals surface area contributed by atoms with Crippen molar-refractivity contribution in [3.05, 3.63) is 59.2 Å². The van der Waals surface area contributed by atoms with Crippen molar-refractivity contribution < 1.29 is 9.53 Å². The first-order valence-corrected chi connectivity index (χ1v) is 6.38. The zero-order valence-corrected chi connectivity index (χ0v) is 11.6. The van der Waals surface area contributed by atoms with Crippen LogP contribution in [-0.4, -0.2) is 13.0 Å². The van der Waals surface area contributed by atoms with Crippen LogP contribution >= 0.6 is 0 Å². The van der Waals surface area contributed by atoms with E-state index >= 15 is 0 Å². The number of nitrogen functional groups attached to an aromatic ring is 1. The Morgan fingerprint density at radius 3 is 2.55 bits per heavy atom. The van der Waals surface area contributed by atoms with Gasteiger partial charge in [0.25, 0.3) is 5.91 Å². The molecule has 0 aliphatic heterocycles. The van der Waals surface area contributed by atoms with Gasteiger partial charge >= 0.3 is 0 Å². The van der Waals surface area contributed by atoms with E-state index in [1.54, 1.807) is 25.3 Å². The number of hydrogen-bond acceptors (Lipinski definition) is 3. The summed E-state index contributed by atoms with van der Waals surface area (Å²) in [5, 5.41) is 2.89. The average molecular weight is 270 g/mol. The summed E-state index contributed by atoms with van der Waals surface area (Å²) >= 11 is 0. The summed E-state index contributed by atoms with van der Waals surface area (Å²) in [4.78, 5) is 12.1. The molecule has 0 saturated heterocycles. The van der Waals surface area contributed by atoms with Crippen molar-refractivity contribution in [2.75, 3.05) is 12.8 Å². The Labute approximate surface area is 118 Å². The third-order valence-electron chi connectivity index (χ3n) is 3.23. The molecule has 0 aliphatic carbocycles. The second-order valence-electron chi connectivity index (χ2n) is 4.55. The lowest BCUT2D eigenvalue weighted by Crippen LogP contribution is -2.23. The van der Waals surface area contributed by atoms with E-state index in [-0.39, 0.29) is 5.91 Å². The molecule has 4 nitrogen and oxygen atoms in total. The van der Waals surface area contributed by atoms with Crippen molar-refractivity contribution in [1.29, 1.82) is 0 Å². The van der Waals surface area contributed by atoms with Crippen LogP contribution in [0, 0.1) is 6.92 Å². The predicted octanol–water partition coefficient (Wildman–Crippen LogP) is 2.52. The number of nitrogens with one attached hydrogen (secondary N) is 1. The van der Waals surface area contributed by atoms with Gasteiger partial charge in [0.1, 0.15) is 5.75 Å². The quantitative estimate of drug-likeness (QED) is 0.839. The summed E-state index contributed by atoms with van der Waals surface area (Å²) in [6.45, 7) is 2.31. The van der Waals surface area contributed by atoms with Crippen LogP contribution in [0.15, 0.2) is 42.5 Å². The van der Waals surface area contributed by atoms with Crippen LogP contribution in [0.5, 0.6) is 5.75 Å². The largest absolute Gasteiger partial charge is 0.497 e. The van der Waals surface area contributed by atoms with Gasteiger partial charge < -0.3 is 15.8 Å². The van der Waals surface area contributed by atoms with Crippen molar-refractivity contribution in [2.45, 2.75) is 13.5 Å². The monoisotopic (exact) mass is 270 g/mol. The molecule has 104 valence electrons. The Bertz CT molecular complexity index is 606. The molecule has 0 fully saturated rings. The smallest absolute Gasteiger partial charge is 0.251 e. The summed E-state index contributed by atoms with van der Waals surface area (Å²) in [6, 6.07) is 12.9. The maximum absolute atomic E-state index is 12.1. The Kier molecular flexibility index (Phi) is 4.25. The number of benzene rings is 2. The van der Waals surface area contributed by atoms with Crippen molar-refractivity contribution >= 4 is 11.6 Å². The van der Waals surface area contributed by atoms with Crippen LogP contribution in [0.1, 0.15) is 21.5 Å². The fourth-order valence-corrected chi connectivity index (χ4v) is 1.92. The molecule has 0 bridgehead atoms. The zero-order chi connectivity index (χ0) is 14.5. The molecule has 0 unspecified atom stereocenters. The molecule has 1 amide bonds. The number of anilines is 1. The summed E-state index contributed by atoms with van der Waals surface area (Å²) in [6.07, 6.45) is 0. The van der Waals surface area contributed by atoms with E-state index in [1.165, 1.54) is 0 Å². The highest BCUT2D eigenvalue weighted by atomic mass is 16.5. The fraction of sp³-hybridized carbons (Fsp3) is 0.188. The van der Waals surface area contributed by atoms with Gasteiger partial charge in [-0.2, -0.15) is 0 Å². The van der Waals surface area contributed by atoms with Gasteiger partial charge in [-0.15, -0.1) is 0 Å². The molecule has 0 aliphatic rings. The normalized spacial score (nSPS) is 10.1. The van der Waals surface area contributed by atoms with Gasteiger partial charge in [0.2, 0.25) is 0 Å². The van der Waals surface area contributed by atoms with Gasteiger partial charge in [0.05, 0.1) is 7.11 Å². The number of nitrogens with two attached hydrogens (primary N) is 1. The van der Waals surface area contributed by atoms with E-state index < -0.39 is 0 Å². The van der Waals surface area contributed by atoms with Crippen LogP contribution in [0.4, 0.5) is 5.69 Å². The number of methoxy groups -OCH3 is 1. The van der Waals surface area contributed by atoms with Gasteiger partial charge in [-0.3, -0.25) is 4.79 Å². The van der Waals surface area contributed by atoms with E-state index in [1.807, 2.05) is 31.2 Å². The van der Waals surface area contributed by atoms with E-state index in [2.05, 4.69) is 5.32 Å². The molecule has 0 radical (unpaired) electrons. The number of carbonyl (C=O) groups excluding carboxylic acids is 1. The van der Waals surface area contributed by atoms with Gasteiger partial charge in [-0.1, -0.05) is 18.2 Å². The first-order chi connectivity index (χ1) is 9.61. The topological polar surface area (TPSA) is 64.3 Å². The molecule has 0 spiro atoms. The first-order valence-electron chi connectivity index (χ1n) is 6.38. The first kappa shape index (κ1) is 13.9. The number of ether oxygens (including phenoxy) is 1. The predicted molar refractivity (Wildman–Crippen MR) is 79.8 cm³/mol. The second-order valence-corrected chi connectivity index (χ2v) is 4.55. The number of amides is 1. The lowest BCUT2D eigenvalue weighted by Gasteiger charge is -2.09. The van der Waals surface area contributed by atoms with Gasteiger partial charge in [-0.05, 0) is 42.3 Å². The van der Waals surface area contributed by atoms with E-state index in [9.17, 15) is 4.79 Å². The minimum absolute atomic E-state index is 0.120. The van der Waals surface area contributed by atoms with Crippen molar-refractivity contribution in [3.63, 3.8) is 0 Å². The van der Waals surface area contributed by atoms with Crippen LogP contribution < -0.4 is 15.8 Å². The highest BCUT2D eigenvalue weighted by Gasteiger charge is 2.09. The standard InChI is InChI=1S/C16H18N2O2/c1-11-14(4-3-5-15(11)17)16(19)18-10-12-6-8-13(20-2)9-7-12/h3-9H,10,17H2,1-2H3,(H,18,19). The molecule has 2 aromatic carbocycles. The molecule has 3 N–H and O–H groups in total. The Morgan fingerprint density at radius 1 is 1.20 bits per heavy atom. The maximum atomic E-state index is 12.1. The summed E-state index contributed by atoms with van der Waals surface area (Å²) < 4.78 is 5.09. The van der Waals surface area contributed by atoms with Crippen molar-refractivity contribution in [1.82, 2.24) is 5.32 Å². The number of hydrogen-bond donors (Lipinski definition) is 2. The minimum atomic E-state index is -0.120. The van der Waals surface area contributed by atoms with Gasteiger partial charge in [0.15, 0.2) is 0 Å². The fourth-order valence-electron chi connectivity index (χ4n) is 1.92. The number of rotatable bonds is 4. The highest BCUT2D eigenvalue weighted by Crippen LogP contribution is 2.16. The van der Waals surface area contributed by atoms with Crippen molar-refractivity contribution in [3.8, 4) is 5.75 Å². The maximum Gasteiger partial charge on any atom is 0.251 e. The van der Waals surface area contributed by atoms with Crippen LogP contribution in [0.2, 0.25) is 0 Å². The highest BCUT2D eigenvalue weighted by molar-refractivity contribution is 5.96. The second kappa shape index (κ2) is 6.10. The zero-order valence-electron chi connectivity index (χ0n) is 11.6. The lowest BCUT2D eigenvalue weighted by molar-refractivity contribution is 0.0950. The minimum Gasteiger partial charge on any atom is -0.497 e. The Morgan fingerprint density at radius 2 is 1.90 bits per heavy atom. The van der Waals surface area contributed by atoms with E-state index in [4.69, 9.17) is 10.5 Å². The third-order valence-corrected chi connectivity index (χ3v) is 3.23. The summed E-state index contributed by atoms with van der Waals surface area (Å²) in [5.74, 6) is 0.678. The van der Waals surface area contributed by atoms with Gasteiger partial charge in [0, 0.05) is 17.8 Å². The molecular weight excluding hydrogens is 252 g/mol. The molecule has 2 aromatic rings. The van der Waals surface area contributed by atoms with Crippen molar-refractivity contribution in [2.24, 2.45) is 0 Å². The van der Waals surface area contributed by atoms with Gasteiger partial charge in [-0.25, -0.2) is 0 Å². The van der Waals surface area contributed by atoms with Crippen LogP contribution in [0.3, 0.4) is 0 Å². The Hall–Kier alpha value is -2.49. The molecule has 0 saturated carbocycles. The van der Waals surface area contributed by atoms with E-state index in [0.717, 1.165) is 16.9 Å². The molecule has 0 heterocycles. The molecular formula is C16H18N2O2. The Balaban J connectivity index is 2.02. The van der Waals surface area contributed by atoms with Crippen LogP contribution in [-0.2, 0) is 6.54 Å². The average Bonchev–Trinajstić information content (AvgIpc) is 2.48. The summed E-state index contributed by atoms with van der Waals surface area (Å²) in [5.41, 5.74) is 8.86. The molecule has 0 atom stereocenters. The molecule has 2 rings (SSSR count). The molecule has 0 aromatic heterocycles. The third kappa shape index (κ3) is 3.09. The summed E-state index contributed by atoms with van der Waals surface area (Å²) in [7, 11) is 1.62. The van der Waals surface area contributed by atoms with E-state index in [0.29, 0.717) is 17.8 Å². The molecule has 20 heavy (non-hydrogen) atoms.